The van der Waals surface area contributed by atoms with Gasteiger partial charge in [-0.15, -0.1) is 0 Å². The van der Waals surface area contributed by atoms with E-state index in [1.165, 1.54) is 33.4 Å². The standard InChI is InChI=1S/2C21H21P.Pd/c2*1-16-10-4-7-13-19(16)22(20-14-8-5-11-17(20)2)21-15-9-6-12-18(21)3;/h2*4-15H,1-3H3;/q;;-2/p+2. The molecule has 0 amide bonds. The van der Waals surface area contributed by atoms with E-state index < -0.39 is 10.9 Å². The van der Waals surface area contributed by atoms with Crippen molar-refractivity contribution in [3.8, 4) is 0 Å². The van der Waals surface area contributed by atoms with Crippen LogP contribution in [0.25, 0.3) is 0 Å². The quantitative estimate of drug-likeness (QED) is 0.110. The van der Waals surface area contributed by atoms with Crippen LogP contribution in [0.15, 0.2) is 146 Å². The molecule has 0 aromatic heterocycles. The molecule has 0 saturated carbocycles. The van der Waals surface area contributed by atoms with Gasteiger partial charge in [-0.1, -0.05) is 0 Å². The minimum absolute atomic E-state index is 0.338. The van der Waals surface area contributed by atoms with Gasteiger partial charge >= 0.3 is 280 Å². The summed E-state index contributed by atoms with van der Waals surface area (Å²) >= 11 is 0.338. The molecule has 0 heterocycles. The van der Waals surface area contributed by atoms with Crippen LogP contribution >= 0.6 is 10.9 Å². The molecule has 0 aliphatic heterocycles. The fourth-order valence-electron chi connectivity index (χ4n) is 6.96. The van der Waals surface area contributed by atoms with Gasteiger partial charge in [0.15, 0.2) is 0 Å². The summed E-state index contributed by atoms with van der Waals surface area (Å²) in [6, 6.07) is 56.0. The molecular formula is C42H44P2Pd. The molecule has 0 radical (unpaired) electrons. The van der Waals surface area contributed by atoms with E-state index in [0.717, 1.165) is 0 Å². The average Bonchev–Trinajstić information content (AvgIpc) is 3.04. The van der Waals surface area contributed by atoms with Crippen molar-refractivity contribution in [2.24, 2.45) is 0 Å². The number of benzene rings is 6. The Morgan fingerprint density at radius 2 is 0.422 bits per heavy atom. The summed E-state index contributed by atoms with van der Waals surface area (Å²) in [4.78, 5) is 0. The van der Waals surface area contributed by atoms with Crippen molar-refractivity contribution >= 4 is 42.7 Å². The molecule has 0 atom stereocenters. The van der Waals surface area contributed by atoms with E-state index in [1.54, 1.807) is 31.8 Å². The van der Waals surface area contributed by atoms with Crippen LogP contribution in [0.2, 0.25) is 0 Å². The first-order chi connectivity index (χ1) is 21.8. The summed E-state index contributed by atoms with van der Waals surface area (Å²) in [6.07, 6.45) is 0. The summed E-state index contributed by atoms with van der Waals surface area (Å²) < 4.78 is 0. The van der Waals surface area contributed by atoms with E-state index in [9.17, 15) is 0 Å². The van der Waals surface area contributed by atoms with E-state index in [0.29, 0.717) is 17.0 Å². The van der Waals surface area contributed by atoms with Crippen LogP contribution in [0, 0.1) is 41.5 Å². The van der Waals surface area contributed by atoms with Crippen molar-refractivity contribution in [1.82, 2.24) is 0 Å². The van der Waals surface area contributed by atoms with Crippen molar-refractivity contribution in [2.75, 3.05) is 0 Å². The zero-order chi connectivity index (χ0) is 31.6. The summed E-state index contributed by atoms with van der Waals surface area (Å²) in [5.74, 6) is 0. The molecule has 0 saturated heterocycles. The second-order valence-electron chi connectivity index (χ2n) is 12.2. The molecule has 45 heavy (non-hydrogen) atoms. The Kier molecular flexibility index (Phi) is 9.40. The van der Waals surface area contributed by atoms with Gasteiger partial charge < -0.3 is 0 Å². The molecule has 0 bridgehead atoms. The van der Waals surface area contributed by atoms with E-state index in [4.69, 9.17) is 0 Å². The number of hydrogen-bond acceptors (Lipinski definition) is 0. The Hall–Kier alpha value is -3.16. The van der Waals surface area contributed by atoms with Gasteiger partial charge in [-0.05, 0) is 0 Å². The molecule has 0 aliphatic carbocycles. The summed E-state index contributed by atoms with van der Waals surface area (Å²) in [7, 11) is 0. The van der Waals surface area contributed by atoms with Crippen molar-refractivity contribution in [1.29, 1.82) is 0 Å². The zero-order valence-corrected chi connectivity index (χ0v) is 30.7. The molecule has 0 unspecified atom stereocenters. The van der Waals surface area contributed by atoms with Gasteiger partial charge in [-0.2, -0.15) is 0 Å². The van der Waals surface area contributed by atoms with Crippen LogP contribution in [-0.4, -0.2) is 0 Å². The average molecular weight is 717 g/mol. The van der Waals surface area contributed by atoms with Gasteiger partial charge in [0.1, 0.15) is 0 Å². The number of rotatable bonds is 8. The van der Waals surface area contributed by atoms with Crippen molar-refractivity contribution < 1.29 is 17.0 Å². The van der Waals surface area contributed by atoms with Crippen molar-refractivity contribution in [2.45, 2.75) is 41.5 Å². The molecule has 0 fully saturated rings. The Balaban J connectivity index is 1.89. The summed E-state index contributed by atoms with van der Waals surface area (Å²) in [5.41, 5.74) is 3.00. The normalized spacial score (nSPS) is 12.7. The van der Waals surface area contributed by atoms with Crippen LogP contribution in [0.3, 0.4) is 0 Å². The monoisotopic (exact) mass is 716 g/mol. The molecule has 0 nitrogen and oxygen atoms in total. The van der Waals surface area contributed by atoms with E-state index in [-0.39, 0.29) is 0 Å². The predicted octanol–water partition coefficient (Wildman–Crippen LogP) is 8.20. The van der Waals surface area contributed by atoms with Crippen LogP contribution in [0.5, 0.6) is 0 Å². The molecule has 6 rings (SSSR count). The Morgan fingerprint density at radius 1 is 0.267 bits per heavy atom. The maximum atomic E-state index is 2.48. The van der Waals surface area contributed by atoms with Gasteiger partial charge in [0.25, 0.3) is 0 Å². The van der Waals surface area contributed by atoms with Crippen LogP contribution in [-0.2, 0) is 17.0 Å². The molecule has 3 heteroatoms. The molecule has 232 valence electrons. The first-order valence-electron chi connectivity index (χ1n) is 15.8. The Morgan fingerprint density at radius 3 is 0.578 bits per heavy atom. The van der Waals surface area contributed by atoms with Gasteiger partial charge in [0, 0.05) is 0 Å². The Bertz CT molecular complexity index is 1610. The fraction of sp³-hybridized carbons (Fsp3) is 0.143. The van der Waals surface area contributed by atoms with Crippen LogP contribution < -0.4 is 31.8 Å². The first-order valence-corrected chi connectivity index (χ1v) is 24.1. The van der Waals surface area contributed by atoms with Gasteiger partial charge in [-0.3, -0.25) is 0 Å². The third-order valence-corrected chi connectivity index (χ3v) is 36.8. The number of hydrogen-bond donors (Lipinski definition) is 0. The van der Waals surface area contributed by atoms with Gasteiger partial charge in [-0.25, -0.2) is 0 Å². The molecule has 0 spiro atoms. The second-order valence-corrected chi connectivity index (χ2v) is 29.0. The van der Waals surface area contributed by atoms with E-state index in [1.807, 2.05) is 0 Å². The zero-order valence-electron chi connectivity index (χ0n) is 27.2. The molecule has 6 aromatic rings. The van der Waals surface area contributed by atoms with Crippen molar-refractivity contribution in [3.63, 3.8) is 0 Å². The molecule has 0 N–H and O–H groups in total. The van der Waals surface area contributed by atoms with Gasteiger partial charge in [0.05, 0.1) is 0 Å². The summed E-state index contributed by atoms with van der Waals surface area (Å²) in [5, 5.41) is 9.31. The minimum atomic E-state index is -2.70. The predicted molar refractivity (Wildman–Crippen MR) is 202 cm³/mol. The fourth-order valence-corrected chi connectivity index (χ4v) is 44.7. The van der Waals surface area contributed by atoms with Gasteiger partial charge in [0.2, 0.25) is 0 Å². The topological polar surface area (TPSA) is 0 Å². The SMILES string of the molecule is Cc1ccccc1[PH]([Pd][PH](c1ccccc1C)(c1ccccc1C)c1ccccc1C)(c1ccccc1C)c1ccccc1C. The van der Waals surface area contributed by atoms with Crippen molar-refractivity contribution in [3.05, 3.63) is 179 Å². The second kappa shape index (κ2) is 13.3. The number of aryl methyl sites for hydroxylation is 6. The molecule has 6 aromatic carbocycles. The van der Waals surface area contributed by atoms with E-state index in [2.05, 4.69) is 187 Å². The third-order valence-electron chi connectivity index (χ3n) is 9.23. The van der Waals surface area contributed by atoms with E-state index >= 15 is 0 Å². The Labute approximate surface area is 278 Å². The first kappa shape index (κ1) is 31.8. The third kappa shape index (κ3) is 5.61. The maximum absolute atomic E-state index is 2.70. The van der Waals surface area contributed by atoms with Crippen LogP contribution in [0.4, 0.5) is 0 Å². The molecular weight excluding hydrogens is 673 g/mol. The molecule has 0 aliphatic rings. The summed E-state index contributed by atoms with van der Waals surface area (Å²) in [6.45, 7) is 14.1. The van der Waals surface area contributed by atoms with Crippen LogP contribution in [0.1, 0.15) is 33.4 Å².